The highest BCUT2D eigenvalue weighted by molar-refractivity contribution is 5.92. The van der Waals surface area contributed by atoms with E-state index in [-0.39, 0.29) is 17.9 Å². The van der Waals surface area contributed by atoms with Crippen molar-refractivity contribution in [3.63, 3.8) is 0 Å². The van der Waals surface area contributed by atoms with Gasteiger partial charge in [-0.3, -0.25) is 9.59 Å². The third kappa shape index (κ3) is 4.36. The Balaban J connectivity index is 2.06. The fourth-order valence-electron chi connectivity index (χ4n) is 2.00. The number of rotatable bonds is 8. The zero-order valence-corrected chi connectivity index (χ0v) is 11.0. The van der Waals surface area contributed by atoms with Crippen molar-refractivity contribution < 1.29 is 9.59 Å². The smallest absolute Gasteiger partial charge is 0.244 e. The molecule has 0 aromatic rings. The molecule has 1 unspecified atom stereocenters. The van der Waals surface area contributed by atoms with E-state index in [1.165, 1.54) is 25.7 Å². The van der Waals surface area contributed by atoms with E-state index in [0.717, 1.165) is 12.8 Å². The summed E-state index contributed by atoms with van der Waals surface area (Å²) in [5.41, 5.74) is 0. The molecule has 0 aromatic carbocycles. The van der Waals surface area contributed by atoms with Gasteiger partial charge >= 0.3 is 0 Å². The van der Waals surface area contributed by atoms with E-state index in [2.05, 4.69) is 12.2 Å². The summed E-state index contributed by atoms with van der Waals surface area (Å²) in [6, 6.07) is -0.220. The van der Waals surface area contributed by atoms with Crippen molar-refractivity contribution in [1.29, 1.82) is 0 Å². The summed E-state index contributed by atoms with van der Waals surface area (Å²) in [5.74, 6) is 0.0733. The van der Waals surface area contributed by atoms with Gasteiger partial charge in [-0.1, -0.05) is 39.0 Å². The van der Waals surface area contributed by atoms with Crippen LogP contribution in [-0.4, -0.2) is 36.3 Å². The first-order chi connectivity index (χ1) is 8.16. The average Bonchev–Trinajstić information content (AvgIpc) is 2.31. The molecule has 0 saturated carbocycles. The highest BCUT2D eigenvalue weighted by Gasteiger charge is 2.33. The van der Waals surface area contributed by atoms with E-state index in [4.69, 9.17) is 0 Å². The topological polar surface area (TPSA) is 49.4 Å². The van der Waals surface area contributed by atoms with E-state index in [1.54, 1.807) is 11.9 Å². The summed E-state index contributed by atoms with van der Waals surface area (Å²) < 4.78 is 0. The maximum Gasteiger partial charge on any atom is 0.244 e. The number of nitrogens with one attached hydrogen (secondary N) is 1. The number of likely N-dealkylation sites (N-methyl/N-ethyl adjacent to an activating group) is 1. The molecule has 2 amide bonds. The third-order valence-electron chi connectivity index (χ3n) is 3.38. The predicted molar refractivity (Wildman–Crippen MR) is 67.6 cm³/mol. The molecule has 1 N–H and O–H groups in total. The van der Waals surface area contributed by atoms with Crippen LogP contribution in [0.4, 0.5) is 0 Å². The first kappa shape index (κ1) is 14.0. The van der Waals surface area contributed by atoms with E-state index in [0.29, 0.717) is 13.0 Å². The van der Waals surface area contributed by atoms with Gasteiger partial charge in [-0.25, -0.2) is 0 Å². The molecule has 4 nitrogen and oxygen atoms in total. The van der Waals surface area contributed by atoms with Crippen molar-refractivity contribution in [1.82, 2.24) is 10.2 Å². The van der Waals surface area contributed by atoms with Gasteiger partial charge in [-0.05, 0) is 6.42 Å². The molecule has 0 aliphatic carbocycles. The van der Waals surface area contributed by atoms with Gasteiger partial charge in [-0.15, -0.1) is 0 Å². The van der Waals surface area contributed by atoms with Crippen LogP contribution in [0, 0.1) is 0 Å². The maximum absolute atomic E-state index is 11.8. The zero-order chi connectivity index (χ0) is 12.7. The van der Waals surface area contributed by atoms with E-state index >= 15 is 0 Å². The molecule has 0 spiro atoms. The first-order valence-electron chi connectivity index (χ1n) is 6.70. The summed E-state index contributed by atoms with van der Waals surface area (Å²) in [5, 5.41) is 2.65. The van der Waals surface area contributed by atoms with Gasteiger partial charge in [0, 0.05) is 20.0 Å². The molecule has 98 valence electrons. The molecule has 1 atom stereocenters. The van der Waals surface area contributed by atoms with Gasteiger partial charge in [0.25, 0.3) is 0 Å². The maximum atomic E-state index is 11.8. The molecule has 0 bridgehead atoms. The van der Waals surface area contributed by atoms with Crippen LogP contribution in [0.5, 0.6) is 0 Å². The molecule has 0 radical (unpaired) electrons. The number of carbonyl (C=O) groups is 2. The Bertz CT molecular complexity index is 266. The standard InChI is InChI=1S/C13H24N2O2/c1-3-4-5-6-7-8-9-12(16)15(2)11-10-14-13(11)17/h11H,3-10H2,1-2H3,(H,14,17). The van der Waals surface area contributed by atoms with Gasteiger partial charge in [0.05, 0.1) is 0 Å². The summed E-state index contributed by atoms with van der Waals surface area (Å²) in [4.78, 5) is 24.5. The van der Waals surface area contributed by atoms with Crippen LogP contribution in [0.3, 0.4) is 0 Å². The van der Waals surface area contributed by atoms with Crippen molar-refractivity contribution in [2.45, 2.75) is 57.9 Å². The Morgan fingerprint density at radius 2 is 1.94 bits per heavy atom. The third-order valence-corrected chi connectivity index (χ3v) is 3.38. The summed E-state index contributed by atoms with van der Waals surface area (Å²) >= 11 is 0. The number of carbonyl (C=O) groups excluding carboxylic acids is 2. The monoisotopic (exact) mass is 240 g/mol. The quantitative estimate of drug-likeness (QED) is 0.518. The zero-order valence-electron chi connectivity index (χ0n) is 11.0. The van der Waals surface area contributed by atoms with E-state index in [9.17, 15) is 9.59 Å². The molecule has 1 rings (SSSR count). The Kier molecular flexibility index (Phi) is 6.01. The number of hydrogen-bond donors (Lipinski definition) is 1. The Labute approximate surface area is 104 Å². The van der Waals surface area contributed by atoms with E-state index in [1.807, 2.05) is 0 Å². The minimum absolute atomic E-state index is 0.0243. The summed E-state index contributed by atoms with van der Waals surface area (Å²) in [6.45, 7) is 2.81. The van der Waals surface area contributed by atoms with Gasteiger partial charge in [-0.2, -0.15) is 0 Å². The molecule has 1 saturated heterocycles. The lowest BCUT2D eigenvalue weighted by Gasteiger charge is -2.34. The van der Waals surface area contributed by atoms with Crippen LogP contribution in [0.25, 0.3) is 0 Å². The summed E-state index contributed by atoms with van der Waals surface area (Å²) in [7, 11) is 1.73. The number of unbranched alkanes of at least 4 members (excludes halogenated alkanes) is 5. The van der Waals surface area contributed by atoms with Gasteiger partial charge in [0.15, 0.2) is 0 Å². The van der Waals surface area contributed by atoms with Crippen molar-refractivity contribution in [2.75, 3.05) is 13.6 Å². The Morgan fingerprint density at radius 1 is 1.29 bits per heavy atom. The lowest BCUT2D eigenvalue weighted by Crippen LogP contribution is -2.62. The predicted octanol–water partition coefficient (Wildman–Crippen LogP) is 1.69. The molecule has 1 aliphatic heterocycles. The highest BCUT2D eigenvalue weighted by atomic mass is 16.2. The second-order valence-corrected chi connectivity index (χ2v) is 4.78. The minimum Gasteiger partial charge on any atom is -0.352 e. The second kappa shape index (κ2) is 7.30. The summed E-state index contributed by atoms with van der Waals surface area (Å²) in [6.07, 6.45) is 7.67. The van der Waals surface area contributed by atoms with Gasteiger partial charge in [0.1, 0.15) is 6.04 Å². The first-order valence-corrected chi connectivity index (χ1v) is 6.70. The van der Waals surface area contributed by atoms with Crippen molar-refractivity contribution in [2.24, 2.45) is 0 Å². The molecular formula is C13H24N2O2. The lowest BCUT2D eigenvalue weighted by molar-refractivity contribution is -0.143. The molecule has 1 heterocycles. The van der Waals surface area contributed by atoms with Crippen LogP contribution in [-0.2, 0) is 9.59 Å². The van der Waals surface area contributed by atoms with Crippen LogP contribution >= 0.6 is 0 Å². The van der Waals surface area contributed by atoms with Crippen LogP contribution in [0.1, 0.15) is 51.9 Å². The van der Waals surface area contributed by atoms with Gasteiger partial charge in [0.2, 0.25) is 11.8 Å². The second-order valence-electron chi connectivity index (χ2n) is 4.78. The molecule has 4 heteroatoms. The van der Waals surface area contributed by atoms with Gasteiger partial charge < -0.3 is 10.2 Å². The molecule has 0 aromatic heterocycles. The van der Waals surface area contributed by atoms with E-state index < -0.39 is 0 Å². The number of β-lactam (4-membered cyclic amide) rings is 1. The van der Waals surface area contributed by atoms with Crippen LogP contribution in [0.15, 0.2) is 0 Å². The Hall–Kier alpha value is -1.06. The fraction of sp³-hybridized carbons (Fsp3) is 0.846. The number of amides is 2. The molecule has 17 heavy (non-hydrogen) atoms. The highest BCUT2D eigenvalue weighted by Crippen LogP contribution is 2.10. The molecular weight excluding hydrogens is 216 g/mol. The Morgan fingerprint density at radius 3 is 2.47 bits per heavy atom. The average molecular weight is 240 g/mol. The largest absolute Gasteiger partial charge is 0.352 e. The number of hydrogen-bond acceptors (Lipinski definition) is 2. The number of nitrogens with zero attached hydrogens (tertiary/aromatic N) is 1. The van der Waals surface area contributed by atoms with Crippen molar-refractivity contribution in [3.05, 3.63) is 0 Å². The molecule has 1 aliphatic rings. The van der Waals surface area contributed by atoms with Crippen molar-refractivity contribution in [3.8, 4) is 0 Å². The fourth-order valence-corrected chi connectivity index (χ4v) is 2.00. The lowest BCUT2D eigenvalue weighted by atomic mass is 10.1. The molecule has 1 fully saturated rings. The minimum atomic E-state index is -0.220. The van der Waals surface area contributed by atoms with Crippen LogP contribution < -0.4 is 5.32 Å². The van der Waals surface area contributed by atoms with Crippen molar-refractivity contribution >= 4 is 11.8 Å². The van der Waals surface area contributed by atoms with Crippen LogP contribution in [0.2, 0.25) is 0 Å². The SMILES string of the molecule is CCCCCCCCC(=O)N(C)C1CNC1=O. The normalized spacial score (nSPS) is 18.5.